The van der Waals surface area contributed by atoms with Gasteiger partial charge in [-0.25, -0.2) is 13.1 Å². The summed E-state index contributed by atoms with van der Waals surface area (Å²) in [5.74, 6) is -17.5. The molecular weight excluding hydrogens is 1640 g/mol. The van der Waals surface area contributed by atoms with Crippen LogP contribution in [-0.4, -0.2) is 207 Å². The first-order valence-corrected chi connectivity index (χ1v) is 45.9. The molecule has 5 saturated carbocycles. The number of ketones is 3. The van der Waals surface area contributed by atoms with Crippen molar-refractivity contribution < 1.29 is 107 Å². The Bertz CT molecular complexity index is 4520. The number of benzene rings is 3. The number of nitrogens with two attached hydrogens (primary N) is 2. The van der Waals surface area contributed by atoms with Gasteiger partial charge in [0, 0.05) is 98.4 Å². The van der Waals surface area contributed by atoms with Crippen LogP contribution in [0.25, 0.3) is 0 Å². The number of nitrogens with one attached hydrogen (secondary N) is 6. The first kappa shape index (κ1) is 91.9. The van der Waals surface area contributed by atoms with Crippen LogP contribution in [0.5, 0.6) is 28.7 Å². The molecule has 16 rings (SSSR count). The highest BCUT2D eigenvalue weighted by Crippen LogP contribution is 2.58. The van der Waals surface area contributed by atoms with Crippen LogP contribution in [0.3, 0.4) is 0 Å². The molecule has 122 heavy (non-hydrogen) atoms. The number of amides is 5. The Morgan fingerprint density at radius 3 is 2.10 bits per heavy atom. The summed E-state index contributed by atoms with van der Waals surface area (Å²) in [5, 5.41) is 111. The van der Waals surface area contributed by atoms with Crippen LogP contribution >= 0.6 is 23.2 Å². The number of carbonyl (C=O) groups is 8. The van der Waals surface area contributed by atoms with E-state index in [0.29, 0.717) is 37.0 Å². The number of halogens is 2. The van der Waals surface area contributed by atoms with Gasteiger partial charge < -0.3 is 97.9 Å². The van der Waals surface area contributed by atoms with E-state index in [2.05, 4.69) is 38.2 Å². The minimum atomic E-state index is -4.08. The molecule has 15 bridgehead atoms. The number of hydrogen-bond donors (Lipinski definition) is 16. The number of aliphatic hydroxyl groups excluding tert-OH is 7. The van der Waals surface area contributed by atoms with E-state index in [9.17, 15) is 58.9 Å². The van der Waals surface area contributed by atoms with Gasteiger partial charge in [0.1, 0.15) is 60.1 Å². The van der Waals surface area contributed by atoms with Crippen LogP contribution in [0.4, 0.5) is 0 Å². The van der Waals surface area contributed by atoms with Gasteiger partial charge in [-0.3, -0.25) is 38.4 Å². The number of sulfonamides is 1. The summed E-state index contributed by atoms with van der Waals surface area (Å²) < 4.78 is 56.3. The van der Waals surface area contributed by atoms with Crippen molar-refractivity contribution in [1.29, 1.82) is 0 Å². The zero-order valence-corrected chi connectivity index (χ0v) is 71.7. The molecular formula is C89H120Cl2N8O22S. The maximum atomic E-state index is 16.6. The molecule has 3 aromatic rings. The fraction of sp³-hybridized carbons (Fsp3) is 0.640. The predicted molar refractivity (Wildman–Crippen MR) is 449 cm³/mol. The standard InChI is InChI=1S/C89H120Cl2N8O22S/c1-5-7-8-9-22-118-54-13-15-55(16-14-54)122(116,117)95-21-20-94-41-60-64(101)39-59-74(82(60)109)58-29-46(10-17-63(58)100)57-38-66(103)75-51-33-71(119-68-18-11-47(30-61(68)90)79(106)77(98-86(112)45(6-2)23-42(3)4)65(102)32-52(36-73(93)105)87(113)96-75)85(121-70-35-53(40-92)81(108)84(111)83(70)110)72(34-51)120-69-19-12-48(31-62(69)91)80(107)78(99-88(57)114)89(115)97-76(59)67(104)37-56-49-25-43-24-44(27-49)28-50(56)26-43/h10-11,13-18,29,31,33-34,42-45,47-50,52-53,56-57,59,61,68-70,74-84,94-95,100-101,106-111H,5-9,12,19-28,30,32,35-41,92H2,1-4H3,(H2,93,105)(H,96,113)(H,97,115)(H,98,112)(H,99,114)/t43?,44?,45-,47+,48+,49?,50?,52+,53-,56?,57-,59?,61-,68-,69-,70-,74?,75-,76+,77+,78+,79-,80-,81-,82+,83+,84+/m1/s1. The number of hydrogen-bond acceptors (Lipinski definition) is 24. The molecule has 0 aromatic heterocycles. The largest absolute Gasteiger partial charge is 0.512 e. The number of Topliss-reactive ketones (excluding diaryl/α,β-unsaturated/α-hetero) is 3. The molecule has 0 spiro atoms. The van der Waals surface area contributed by atoms with Crippen molar-refractivity contribution in [2.24, 2.45) is 82.5 Å². The number of primary amides is 1. The number of carbonyl (C=O) groups excluding carboxylic acids is 8. The maximum Gasteiger partial charge on any atom is 0.245 e. The Labute approximate surface area is 721 Å². The van der Waals surface area contributed by atoms with Crippen LogP contribution in [0.15, 0.2) is 94.1 Å². The fourth-order valence-electron chi connectivity index (χ4n) is 21.0. The number of aromatic hydroxyl groups is 1. The van der Waals surface area contributed by atoms with Crippen LogP contribution in [0.1, 0.15) is 191 Å². The number of ether oxygens (including phenoxy) is 4. The van der Waals surface area contributed by atoms with E-state index >= 15 is 28.8 Å². The molecule has 33 heteroatoms. The van der Waals surface area contributed by atoms with Crippen LogP contribution in [0, 0.1) is 71.0 Å². The molecule has 3 aromatic carbocycles. The van der Waals surface area contributed by atoms with Crippen molar-refractivity contribution in [3.05, 3.63) is 106 Å². The van der Waals surface area contributed by atoms with E-state index in [1.807, 2.05) is 13.8 Å². The summed E-state index contributed by atoms with van der Waals surface area (Å²) in [6, 6.07) is 4.99. The number of alkyl halides is 1. The van der Waals surface area contributed by atoms with Gasteiger partial charge in [-0.15, -0.1) is 11.6 Å². The lowest BCUT2D eigenvalue weighted by Crippen LogP contribution is -2.61. The average molecular weight is 1760 g/mol. The topological polar surface area (TPSA) is 494 Å². The van der Waals surface area contributed by atoms with Gasteiger partial charge in [0.25, 0.3) is 0 Å². The quantitative estimate of drug-likeness (QED) is 0.0253. The summed E-state index contributed by atoms with van der Waals surface area (Å²) in [5.41, 5.74) is 11.6. The molecule has 5 fully saturated rings. The van der Waals surface area contributed by atoms with Crippen LogP contribution < -0.4 is 61.7 Å². The number of allylic oxidation sites excluding steroid dienone is 1. The second-order valence-electron chi connectivity index (χ2n) is 36.2. The molecule has 5 aliphatic heterocycles. The van der Waals surface area contributed by atoms with Crippen molar-refractivity contribution in [1.82, 2.24) is 31.3 Å². The highest BCUT2D eigenvalue weighted by atomic mass is 35.5. The van der Waals surface area contributed by atoms with Gasteiger partial charge in [-0.05, 0) is 179 Å². The molecule has 5 amide bonds. The van der Waals surface area contributed by atoms with Crippen molar-refractivity contribution in [3.8, 4) is 28.7 Å². The third-order valence-corrected chi connectivity index (χ3v) is 29.7. The zero-order valence-electron chi connectivity index (χ0n) is 69.4. The summed E-state index contributed by atoms with van der Waals surface area (Å²) in [4.78, 5) is 124. The van der Waals surface area contributed by atoms with Crippen molar-refractivity contribution in [2.45, 2.75) is 257 Å². The third-order valence-electron chi connectivity index (χ3n) is 27.4. The number of unbranched alkanes of at least 4 members (excludes halogenated alkanes) is 3. The summed E-state index contributed by atoms with van der Waals surface area (Å²) in [6.45, 7) is 7.48. The molecule has 22 atom stereocenters. The molecule has 0 radical (unpaired) electrons. The number of phenols is 1. The molecule has 18 N–H and O–H groups in total. The summed E-state index contributed by atoms with van der Waals surface area (Å²) >= 11 is 14.7. The van der Waals surface area contributed by atoms with E-state index in [0.717, 1.165) is 57.8 Å². The number of aliphatic hydroxyl groups is 7. The summed E-state index contributed by atoms with van der Waals surface area (Å²) in [6.07, 6.45) is -4.21. The molecule has 30 nitrogen and oxygen atoms in total. The summed E-state index contributed by atoms with van der Waals surface area (Å²) in [7, 11) is -4.08. The van der Waals surface area contributed by atoms with E-state index in [1.54, 1.807) is 19.1 Å². The second kappa shape index (κ2) is 39.8. The Kier molecular flexibility index (Phi) is 30.0. The Morgan fingerprint density at radius 1 is 0.721 bits per heavy atom. The number of rotatable bonds is 26. The normalized spacial score (nSPS) is 34.4. The SMILES string of the molecule is CCCCCCOc1ccc(S(=O)(=O)NCCNCC2=C(O)CC3C(c4cc(ccc4O)[C@H]4CC(=O)[C@@H]5NC(=O)[C@H](CC(N)=O)CC(=O)[C@H](NC(=O)[C@H](CC)CC(C)C)[C@H](O)[C@H]6C=C[C@@H](Oc7cc5cc(c7O[C@@H]5C[C@H](CN)[C@@H](O)[C@H](O)[C@H]5O)O[C@@H]5CC[C@@H](C=C5Cl)[C@@H](O)[C@H](NC4=O)C(=O)N[C@@H]3C(=O)CC3C4CC5CC(C4)CC3C5)[C@H](Cl)C6)[C@H]2O)cc1. The molecule has 13 aliphatic rings. The van der Waals surface area contributed by atoms with Crippen molar-refractivity contribution >= 4 is 80.1 Å². The smallest absolute Gasteiger partial charge is 0.245 e. The molecule has 5 heterocycles. The van der Waals surface area contributed by atoms with E-state index in [1.165, 1.54) is 60.7 Å². The maximum absolute atomic E-state index is 16.6. The third kappa shape index (κ3) is 20.7. The van der Waals surface area contributed by atoms with Gasteiger partial charge in [-0.2, -0.15) is 0 Å². The van der Waals surface area contributed by atoms with Gasteiger partial charge >= 0.3 is 0 Å². The number of phenolic OH excluding ortho intramolecular Hbond substituents is 1. The minimum absolute atomic E-state index is 0.0210. The lowest BCUT2D eigenvalue weighted by atomic mass is 9.51. The van der Waals surface area contributed by atoms with Gasteiger partial charge in [0.05, 0.1) is 70.0 Å². The highest BCUT2D eigenvalue weighted by molar-refractivity contribution is 7.89. The Hall–Kier alpha value is -7.79. The lowest BCUT2D eigenvalue weighted by molar-refractivity contribution is -0.149. The van der Waals surface area contributed by atoms with Crippen molar-refractivity contribution in [2.75, 3.05) is 32.8 Å². The first-order chi connectivity index (χ1) is 58.2. The van der Waals surface area contributed by atoms with E-state index < -0.39 is 226 Å². The molecule has 8 aliphatic carbocycles. The number of fused-ring (bicyclic) bond motifs is 13. The van der Waals surface area contributed by atoms with Gasteiger partial charge in [0.2, 0.25) is 45.3 Å². The zero-order chi connectivity index (χ0) is 87.4. The lowest BCUT2D eigenvalue weighted by Gasteiger charge is -2.54. The minimum Gasteiger partial charge on any atom is -0.512 e. The fourth-order valence-corrected chi connectivity index (χ4v) is 22.7. The molecule has 2 unspecified atom stereocenters. The Balaban J connectivity index is 0.928. The van der Waals surface area contributed by atoms with Crippen LogP contribution in [0.2, 0.25) is 0 Å². The average Bonchev–Trinajstić information content (AvgIpc) is 0.719. The van der Waals surface area contributed by atoms with Gasteiger partial charge in [-0.1, -0.05) is 82.8 Å². The highest BCUT2D eigenvalue weighted by Gasteiger charge is 2.54. The predicted octanol–water partition coefficient (Wildman–Crippen LogP) is 5.89. The van der Waals surface area contributed by atoms with Gasteiger partial charge in [0.15, 0.2) is 28.8 Å². The molecule has 0 saturated heterocycles. The molecule has 668 valence electrons. The van der Waals surface area contributed by atoms with E-state index in [-0.39, 0.29) is 131 Å². The van der Waals surface area contributed by atoms with Crippen LogP contribution in [-0.2, 0) is 48.4 Å². The Morgan fingerprint density at radius 2 is 1.43 bits per heavy atom. The van der Waals surface area contributed by atoms with Crippen molar-refractivity contribution in [3.63, 3.8) is 0 Å². The first-order valence-electron chi connectivity index (χ1n) is 43.6. The second-order valence-corrected chi connectivity index (χ2v) is 39.0. The van der Waals surface area contributed by atoms with E-state index in [4.69, 9.17) is 53.6 Å². The monoisotopic (exact) mass is 1750 g/mol.